The van der Waals surface area contributed by atoms with Gasteiger partial charge in [0.05, 0.1) is 0 Å². The Morgan fingerprint density at radius 1 is 1.33 bits per heavy atom. The Labute approximate surface area is 78.6 Å². The molecule has 74 valence electrons. The summed E-state index contributed by atoms with van der Waals surface area (Å²) >= 11 is 0. The summed E-state index contributed by atoms with van der Waals surface area (Å²) in [5.41, 5.74) is 0. The molecule has 2 unspecified atom stereocenters. The molecule has 0 radical (unpaired) electrons. The third-order valence-corrected chi connectivity index (χ3v) is 3.62. The fraction of sp³-hybridized carbons (Fsp3) is 1.00. The minimum absolute atomic E-state index is 0.421. The van der Waals surface area contributed by atoms with Gasteiger partial charge in [-0.1, -0.05) is 20.8 Å². The predicted molar refractivity (Wildman–Crippen MR) is 55.9 cm³/mol. The Morgan fingerprint density at radius 3 is 2.25 bits per heavy atom. The van der Waals surface area contributed by atoms with E-state index >= 15 is 0 Å². The van der Waals surface area contributed by atoms with Gasteiger partial charge in [-0.05, 0) is 19.4 Å². The fourth-order valence-corrected chi connectivity index (χ4v) is 2.80. The molecule has 0 spiro atoms. The monoisotopic (exact) mass is 191 g/mol. The summed E-state index contributed by atoms with van der Waals surface area (Å²) in [6.07, 6.45) is 1.06. The molecule has 3 heteroatoms. The molecule has 0 aliphatic heterocycles. The molecule has 0 aromatic carbocycles. The van der Waals surface area contributed by atoms with Crippen LogP contribution in [0.2, 0.25) is 0 Å². The van der Waals surface area contributed by atoms with Crippen LogP contribution in [0.4, 0.5) is 0 Å². The van der Waals surface area contributed by atoms with Crippen molar-refractivity contribution in [1.82, 2.24) is 5.32 Å². The summed E-state index contributed by atoms with van der Waals surface area (Å²) in [5, 5.41) is 3.16. The van der Waals surface area contributed by atoms with Gasteiger partial charge in [-0.3, -0.25) is 4.21 Å². The normalized spacial score (nSPS) is 16.4. The van der Waals surface area contributed by atoms with E-state index in [0.717, 1.165) is 17.9 Å². The molecule has 2 nitrogen and oxygen atoms in total. The number of rotatable bonds is 6. The van der Waals surface area contributed by atoms with Gasteiger partial charge in [0.1, 0.15) is 0 Å². The van der Waals surface area contributed by atoms with Crippen molar-refractivity contribution in [3.05, 3.63) is 0 Å². The van der Waals surface area contributed by atoms with Crippen molar-refractivity contribution >= 4 is 10.8 Å². The second-order valence-electron chi connectivity index (χ2n) is 3.56. The second kappa shape index (κ2) is 6.61. The van der Waals surface area contributed by atoms with Gasteiger partial charge in [0.2, 0.25) is 0 Å². The van der Waals surface area contributed by atoms with E-state index in [2.05, 4.69) is 26.1 Å². The highest BCUT2D eigenvalue weighted by Crippen LogP contribution is 2.00. The maximum Gasteiger partial charge on any atom is 0.0388 e. The molecule has 1 N–H and O–H groups in total. The molecular formula is C9H21NOS. The van der Waals surface area contributed by atoms with E-state index in [4.69, 9.17) is 0 Å². The van der Waals surface area contributed by atoms with Crippen molar-refractivity contribution in [2.75, 3.05) is 18.6 Å². The van der Waals surface area contributed by atoms with Crippen LogP contribution in [-0.4, -0.2) is 28.8 Å². The molecule has 12 heavy (non-hydrogen) atoms. The van der Waals surface area contributed by atoms with Crippen LogP contribution < -0.4 is 5.32 Å². The molecular weight excluding hydrogens is 170 g/mol. The molecule has 0 aromatic heterocycles. The first-order valence-electron chi connectivity index (χ1n) is 4.62. The Hall–Kier alpha value is 0.110. The van der Waals surface area contributed by atoms with Gasteiger partial charge >= 0.3 is 0 Å². The Bertz CT molecular complexity index is 132. The minimum atomic E-state index is -0.642. The van der Waals surface area contributed by atoms with Gasteiger partial charge in [0.15, 0.2) is 0 Å². The third kappa shape index (κ3) is 5.72. The van der Waals surface area contributed by atoms with Crippen molar-refractivity contribution < 1.29 is 4.21 Å². The fourth-order valence-electron chi connectivity index (χ4n) is 1.07. The van der Waals surface area contributed by atoms with Crippen molar-refractivity contribution in [2.45, 2.75) is 33.2 Å². The molecule has 0 rings (SSSR count). The minimum Gasteiger partial charge on any atom is -0.316 e. The van der Waals surface area contributed by atoms with Crippen LogP contribution in [-0.2, 0) is 10.8 Å². The Balaban J connectivity index is 3.66. The van der Waals surface area contributed by atoms with Crippen molar-refractivity contribution in [3.8, 4) is 0 Å². The Kier molecular flexibility index (Phi) is 6.67. The SMILES string of the molecule is CCC(CS(=O)CC(C)C)NC. The van der Waals surface area contributed by atoms with E-state index in [-0.39, 0.29) is 0 Å². The molecule has 2 atom stereocenters. The first-order valence-corrected chi connectivity index (χ1v) is 6.11. The van der Waals surface area contributed by atoms with Gasteiger partial charge in [-0.25, -0.2) is 0 Å². The lowest BCUT2D eigenvalue weighted by atomic mass is 10.3. The van der Waals surface area contributed by atoms with Crippen molar-refractivity contribution in [2.24, 2.45) is 5.92 Å². The summed E-state index contributed by atoms with van der Waals surface area (Å²) in [5.74, 6) is 2.17. The van der Waals surface area contributed by atoms with Crippen LogP contribution >= 0.6 is 0 Å². The third-order valence-electron chi connectivity index (χ3n) is 1.81. The smallest absolute Gasteiger partial charge is 0.0388 e. The highest BCUT2D eigenvalue weighted by molar-refractivity contribution is 7.85. The average molecular weight is 191 g/mol. The predicted octanol–water partition coefficient (Wildman–Crippen LogP) is 1.39. The molecule has 0 aliphatic rings. The van der Waals surface area contributed by atoms with Gasteiger partial charge in [0, 0.05) is 28.3 Å². The van der Waals surface area contributed by atoms with Gasteiger partial charge in [-0.2, -0.15) is 0 Å². The zero-order chi connectivity index (χ0) is 9.56. The number of hydrogen-bond acceptors (Lipinski definition) is 2. The van der Waals surface area contributed by atoms with Crippen LogP contribution in [0.3, 0.4) is 0 Å². The van der Waals surface area contributed by atoms with E-state index in [1.165, 1.54) is 0 Å². The molecule has 0 fully saturated rings. The van der Waals surface area contributed by atoms with Gasteiger partial charge in [-0.15, -0.1) is 0 Å². The largest absolute Gasteiger partial charge is 0.316 e. The van der Waals surface area contributed by atoms with Crippen molar-refractivity contribution in [3.63, 3.8) is 0 Å². The molecule has 0 amide bonds. The van der Waals surface area contributed by atoms with E-state index < -0.39 is 10.8 Å². The lowest BCUT2D eigenvalue weighted by Gasteiger charge is -2.13. The summed E-state index contributed by atoms with van der Waals surface area (Å²) in [6, 6.07) is 0.421. The molecule has 0 saturated carbocycles. The topological polar surface area (TPSA) is 29.1 Å². The number of hydrogen-bond donors (Lipinski definition) is 1. The van der Waals surface area contributed by atoms with Crippen molar-refractivity contribution in [1.29, 1.82) is 0 Å². The average Bonchev–Trinajstić information content (AvgIpc) is 1.98. The first kappa shape index (κ1) is 12.1. The molecule has 0 aromatic rings. The summed E-state index contributed by atoms with van der Waals surface area (Å²) < 4.78 is 11.5. The van der Waals surface area contributed by atoms with Crippen LogP contribution in [0.25, 0.3) is 0 Å². The maximum atomic E-state index is 11.5. The zero-order valence-electron chi connectivity index (χ0n) is 8.59. The molecule has 0 saturated heterocycles. The van der Waals surface area contributed by atoms with Crippen LogP contribution in [0.5, 0.6) is 0 Å². The van der Waals surface area contributed by atoms with E-state index in [9.17, 15) is 4.21 Å². The highest BCUT2D eigenvalue weighted by Gasteiger charge is 2.09. The van der Waals surface area contributed by atoms with Crippen LogP contribution in [0.15, 0.2) is 0 Å². The summed E-state index contributed by atoms with van der Waals surface area (Å²) in [6.45, 7) is 6.34. The van der Waals surface area contributed by atoms with E-state index in [1.54, 1.807) is 0 Å². The van der Waals surface area contributed by atoms with E-state index in [0.29, 0.717) is 12.0 Å². The summed E-state index contributed by atoms with van der Waals surface area (Å²) in [4.78, 5) is 0. The highest BCUT2D eigenvalue weighted by atomic mass is 32.2. The summed E-state index contributed by atoms with van der Waals surface area (Å²) in [7, 11) is 1.29. The van der Waals surface area contributed by atoms with Crippen LogP contribution in [0.1, 0.15) is 27.2 Å². The van der Waals surface area contributed by atoms with Gasteiger partial charge < -0.3 is 5.32 Å². The second-order valence-corrected chi connectivity index (χ2v) is 5.11. The lowest BCUT2D eigenvalue weighted by Crippen LogP contribution is -2.31. The molecule has 0 heterocycles. The zero-order valence-corrected chi connectivity index (χ0v) is 9.41. The maximum absolute atomic E-state index is 11.5. The van der Waals surface area contributed by atoms with Crippen LogP contribution in [0, 0.1) is 5.92 Å². The molecule has 0 bridgehead atoms. The standard InChI is InChI=1S/C9H21NOS/c1-5-9(10-4)7-12(11)6-8(2)3/h8-10H,5-7H2,1-4H3. The first-order chi connectivity index (χ1) is 5.60. The lowest BCUT2D eigenvalue weighted by molar-refractivity contribution is 0.586. The molecule has 0 aliphatic carbocycles. The van der Waals surface area contributed by atoms with Gasteiger partial charge in [0.25, 0.3) is 0 Å². The Morgan fingerprint density at radius 2 is 1.92 bits per heavy atom. The quantitative estimate of drug-likeness (QED) is 0.687. The van der Waals surface area contributed by atoms with E-state index in [1.807, 2.05) is 7.05 Å². The number of nitrogens with one attached hydrogen (secondary N) is 1.